The maximum atomic E-state index is 12.4. The molecule has 0 aliphatic carbocycles. The van der Waals surface area contributed by atoms with Crippen LogP contribution in [-0.2, 0) is 4.79 Å². The maximum Gasteiger partial charge on any atom is 0.313 e. The van der Waals surface area contributed by atoms with Crippen LogP contribution in [-0.4, -0.2) is 11.8 Å². The molecule has 2 aromatic rings. The Morgan fingerprint density at radius 1 is 1.17 bits per heavy atom. The van der Waals surface area contributed by atoms with Gasteiger partial charge in [0, 0.05) is 6.07 Å². The Hall–Kier alpha value is -2.88. The summed E-state index contributed by atoms with van der Waals surface area (Å²) in [6.07, 6.45) is 1.72. The molecular weight excluding hydrogens is 304 g/mol. The summed E-state index contributed by atoms with van der Waals surface area (Å²) in [4.78, 5) is 24.1. The number of carbonyl (C=O) groups excluding carboxylic acids is 2. The molecule has 0 unspecified atom stereocenters. The molecule has 0 saturated heterocycles. The predicted molar refractivity (Wildman–Crippen MR) is 91.0 cm³/mol. The number of esters is 1. The van der Waals surface area contributed by atoms with Gasteiger partial charge in [-0.15, -0.1) is 0 Å². The predicted octanol–water partition coefficient (Wildman–Crippen LogP) is 4.17. The van der Waals surface area contributed by atoms with Crippen LogP contribution in [0.15, 0.2) is 48.2 Å². The monoisotopic (exact) mass is 322 g/mol. The smallest absolute Gasteiger partial charge is 0.313 e. The van der Waals surface area contributed by atoms with Gasteiger partial charge in [0.1, 0.15) is 11.5 Å². The lowest BCUT2D eigenvalue weighted by atomic mass is 10.1. The number of ether oxygens (including phenoxy) is 2. The first-order valence-corrected chi connectivity index (χ1v) is 7.80. The number of hydrogen-bond donors (Lipinski definition) is 0. The van der Waals surface area contributed by atoms with Crippen molar-refractivity contribution in [1.29, 1.82) is 0 Å². The van der Waals surface area contributed by atoms with Crippen LogP contribution in [0, 0.1) is 12.8 Å². The fourth-order valence-electron chi connectivity index (χ4n) is 2.38. The number of carbonyl (C=O) groups is 2. The summed E-state index contributed by atoms with van der Waals surface area (Å²) < 4.78 is 10.9. The van der Waals surface area contributed by atoms with Crippen LogP contribution in [0.3, 0.4) is 0 Å². The average Bonchev–Trinajstić information content (AvgIpc) is 2.83. The maximum absolute atomic E-state index is 12.4. The van der Waals surface area contributed by atoms with Gasteiger partial charge in [-0.3, -0.25) is 9.59 Å². The number of rotatable bonds is 3. The van der Waals surface area contributed by atoms with Gasteiger partial charge in [-0.25, -0.2) is 0 Å². The van der Waals surface area contributed by atoms with Crippen LogP contribution in [0.1, 0.15) is 35.3 Å². The Morgan fingerprint density at radius 3 is 2.67 bits per heavy atom. The van der Waals surface area contributed by atoms with Gasteiger partial charge in [0.25, 0.3) is 0 Å². The molecule has 24 heavy (non-hydrogen) atoms. The van der Waals surface area contributed by atoms with Crippen LogP contribution in [0.2, 0.25) is 0 Å². The molecule has 0 spiro atoms. The summed E-state index contributed by atoms with van der Waals surface area (Å²) in [6, 6.07) is 12.6. The number of hydrogen-bond acceptors (Lipinski definition) is 4. The van der Waals surface area contributed by atoms with Crippen molar-refractivity contribution in [2.24, 2.45) is 5.92 Å². The van der Waals surface area contributed by atoms with Crippen LogP contribution >= 0.6 is 0 Å². The molecule has 0 bridgehead atoms. The third-order valence-electron chi connectivity index (χ3n) is 3.67. The van der Waals surface area contributed by atoms with Crippen molar-refractivity contribution in [3.05, 3.63) is 64.9 Å². The average molecular weight is 322 g/mol. The zero-order valence-corrected chi connectivity index (χ0v) is 13.8. The van der Waals surface area contributed by atoms with Crippen molar-refractivity contribution in [3.63, 3.8) is 0 Å². The fraction of sp³-hybridized carbons (Fsp3) is 0.200. The molecule has 122 valence electrons. The first-order valence-electron chi connectivity index (χ1n) is 7.80. The lowest BCUT2D eigenvalue weighted by Gasteiger charge is -2.07. The molecule has 3 rings (SSSR count). The molecule has 4 nitrogen and oxygen atoms in total. The quantitative estimate of drug-likeness (QED) is 0.483. The number of aryl methyl sites for hydroxylation is 1. The summed E-state index contributed by atoms with van der Waals surface area (Å²) in [5.74, 6) is 0.327. The number of fused-ring (bicyclic) bond motifs is 1. The van der Waals surface area contributed by atoms with Gasteiger partial charge in [0.2, 0.25) is 5.78 Å². The van der Waals surface area contributed by atoms with Crippen molar-refractivity contribution in [2.45, 2.75) is 20.8 Å². The van der Waals surface area contributed by atoms with E-state index in [0.717, 1.165) is 11.1 Å². The normalized spacial score (nSPS) is 14.7. The Balaban J connectivity index is 1.86. The minimum atomic E-state index is -0.324. The van der Waals surface area contributed by atoms with Gasteiger partial charge in [0.15, 0.2) is 5.76 Å². The van der Waals surface area contributed by atoms with Gasteiger partial charge >= 0.3 is 5.97 Å². The largest absolute Gasteiger partial charge is 0.452 e. The molecule has 0 aromatic heterocycles. The standard InChI is InChI=1S/C20H18O4/c1-12(2)20(22)23-15-7-8-16-17(11-15)24-18(19(16)21)10-14-6-4-5-13(3)9-14/h4-12H,1-3H3/b18-10-. The number of benzene rings is 2. The molecule has 0 radical (unpaired) electrons. The van der Waals surface area contributed by atoms with Gasteiger partial charge in [-0.2, -0.15) is 0 Å². The van der Waals surface area contributed by atoms with Crippen molar-refractivity contribution < 1.29 is 19.1 Å². The summed E-state index contributed by atoms with van der Waals surface area (Å²) >= 11 is 0. The highest BCUT2D eigenvalue weighted by Crippen LogP contribution is 2.35. The lowest BCUT2D eigenvalue weighted by Crippen LogP contribution is -2.14. The highest BCUT2D eigenvalue weighted by molar-refractivity contribution is 6.14. The van der Waals surface area contributed by atoms with Crippen molar-refractivity contribution in [1.82, 2.24) is 0 Å². The van der Waals surface area contributed by atoms with E-state index in [2.05, 4.69) is 0 Å². The zero-order valence-electron chi connectivity index (χ0n) is 13.8. The molecule has 0 saturated carbocycles. The minimum Gasteiger partial charge on any atom is -0.452 e. The van der Waals surface area contributed by atoms with E-state index in [9.17, 15) is 9.59 Å². The molecule has 4 heteroatoms. The van der Waals surface area contributed by atoms with Crippen LogP contribution in [0.25, 0.3) is 6.08 Å². The lowest BCUT2D eigenvalue weighted by molar-refractivity contribution is -0.137. The summed E-state index contributed by atoms with van der Waals surface area (Å²) in [5.41, 5.74) is 2.48. The van der Waals surface area contributed by atoms with E-state index in [1.54, 1.807) is 38.1 Å². The summed E-state index contributed by atoms with van der Waals surface area (Å²) in [7, 11) is 0. The molecule has 0 N–H and O–H groups in total. The van der Waals surface area contributed by atoms with E-state index in [0.29, 0.717) is 17.1 Å². The third kappa shape index (κ3) is 3.23. The molecule has 1 aliphatic rings. The molecule has 0 fully saturated rings. The fourth-order valence-corrected chi connectivity index (χ4v) is 2.38. The topological polar surface area (TPSA) is 52.6 Å². The molecule has 2 aromatic carbocycles. The summed E-state index contributed by atoms with van der Waals surface area (Å²) in [5, 5.41) is 0. The van der Waals surface area contributed by atoms with Gasteiger partial charge in [-0.05, 0) is 30.7 Å². The second-order valence-corrected chi connectivity index (χ2v) is 6.09. The number of ketones is 1. The van der Waals surface area contributed by atoms with E-state index in [4.69, 9.17) is 9.47 Å². The Labute approximate surface area is 140 Å². The van der Waals surface area contributed by atoms with Gasteiger partial charge in [0.05, 0.1) is 11.5 Å². The molecule has 1 aliphatic heterocycles. The minimum absolute atomic E-state index is 0.173. The van der Waals surface area contributed by atoms with Crippen LogP contribution < -0.4 is 9.47 Å². The van der Waals surface area contributed by atoms with Crippen molar-refractivity contribution in [2.75, 3.05) is 0 Å². The highest BCUT2D eigenvalue weighted by atomic mass is 16.5. The number of Topliss-reactive ketones (excluding diaryl/α,β-unsaturated/α-hetero) is 1. The SMILES string of the molecule is Cc1cccc(/C=C2\Oc3cc(OC(=O)C(C)C)ccc3C2=O)c1. The molecule has 0 amide bonds. The molecule has 0 atom stereocenters. The molecule has 1 heterocycles. The van der Waals surface area contributed by atoms with E-state index in [-0.39, 0.29) is 23.4 Å². The second kappa shape index (κ2) is 6.32. The third-order valence-corrected chi connectivity index (χ3v) is 3.67. The van der Waals surface area contributed by atoms with Crippen LogP contribution in [0.5, 0.6) is 11.5 Å². The highest BCUT2D eigenvalue weighted by Gasteiger charge is 2.28. The van der Waals surface area contributed by atoms with E-state index >= 15 is 0 Å². The number of allylic oxidation sites excluding steroid dienone is 1. The molecular formula is C20H18O4. The van der Waals surface area contributed by atoms with E-state index in [1.165, 1.54) is 0 Å². The van der Waals surface area contributed by atoms with E-state index < -0.39 is 0 Å². The Kier molecular flexibility index (Phi) is 4.21. The Bertz CT molecular complexity index is 846. The van der Waals surface area contributed by atoms with Gasteiger partial charge < -0.3 is 9.47 Å². The van der Waals surface area contributed by atoms with Crippen molar-refractivity contribution >= 4 is 17.8 Å². The first-order chi connectivity index (χ1) is 11.4. The summed E-state index contributed by atoms with van der Waals surface area (Å²) in [6.45, 7) is 5.51. The van der Waals surface area contributed by atoms with Crippen LogP contribution in [0.4, 0.5) is 0 Å². The Morgan fingerprint density at radius 2 is 1.96 bits per heavy atom. The first kappa shape index (κ1) is 16.0. The second-order valence-electron chi connectivity index (χ2n) is 6.09. The van der Waals surface area contributed by atoms with E-state index in [1.807, 2.05) is 31.2 Å². The van der Waals surface area contributed by atoms with Gasteiger partial charge in [-0.1, -0.05) is 43.7 Å². The van der Waals surface area contributed by atoms with Crippen molar-refractivity contribution in [3.8, 4) is 11.5 Å². The zero-order chi connectivity index (χ0) is 17.3.